The molecule has 0 radical (unpaired) electrons. The number of hydrogen-bond acceptors (Lipinski definition) is 6. The quantitative estimate of drug-likeness (QED) is 0.756. The van der Waals surface area contributed by atoms with Gasteiger partial charge in [-0.2, -0.15) is 8.78 Å². The van der Waals surface area contributed by atoms with Crippen LogP contribution in [0, 0.1) is 0 Å². The smallest absolute Gasteiger partial charge is 0.387 e. The summed E-state index contributed by atoms with van der Waals surface area (Å²) >= 11 is 1.37. The summed E-state index contributed by atoms with van der Waals surface area (Å²) in [5, 5.41) is 12.0. The van der Waals surface area contributed by atoms with Gasteiger partial charge in [-0.3, -0.25) is 10.1 Å². The molecular weight excluding hydrogens is 352 g/mol. The first-order chi connectivity index (χ1) is 12.0. The number of nitrogens with one attached hydrogen (secondary N) is 1. The highest BCUT2D eigenvalue weighted by atomic mass is 32.1. The Morgan fingerprint density at radius 2 is 2.16 bits per heavy atom. The van der Waals surface area contributed by atoms with Crippen molar-refractivity contribution in [1.82, 2.24) is 10.2 Å². The molecule has 0 spiro atoms. The van der Waals surface area contributed by atoms with E-state index in [2.05, 4.69) is 20.3 Å². The first kappa shape index (κ1) is 17.3. The van der Waals surface area contributed by atoms with Crippen LogP contribution >= 0.6 is 11.3 Å². The zero-order valence-electron chi connectivity index (χ0n) is 13.2. The molecule has 9 heteroatoms. The zero-order chi connectivity index (χ0) is 17.8. The van der Waals surface area contributed by atoms with Crippen molar-refractivity contribution in [2.24, 2.45) is 0 Å². The molecule has 1 aromatic heterocycles. The fourth-order valence-corrected chi connectivity index (χ4v) is 3.00. The number of hydrogen-bond donors (Lipinski definition) is 1. The summed E-state index contributed by atoms with van der Waals surface area (Å²) in [6.07, 6.45) is 5.10. The maximum absolute atomic E-state index is 12.3. The molecule has 1 N–H and O–H groups in total. The number of rotatable bonds is 7. The van der Waals surface area contributed by atoms with Gasteiger partial charge in [0.05, 0.1) is 7.11 Å². The Bertz CT molecular complexity index is 791. The third-order valence-electron chi connectivity index (χ3n) is 3.43. The Morgan fingerprint density at radius 3 is 2.84 bits per heavy atom. The van der Waals surface area contributed by atoms with E-state index in [1.54, 1.807) is 6.07 Å². The van der Waals surface area contributed by atoms with Gasteiger partial charge >= 0.3 is 6.61 Å². The van der Waals surface area contributed by atoms with Crippen LogP contribution in [-0.2, 0) is 4.79 Å². The highest BCUT2D eigenvalue weighted by molar-refractivity contribution is 7.15. The molecule has 1 amide bonds. The van der Waals surface area contributed by atoms with Gasteiger partial charge in [-0.25, -0.2) is 0 Å². The topological polar surface area (TPSA) is 73.3 Å². The fourth-order valence-electron chi connectivity index (χ4n) is 2.08. The van der Waals surface area contributed by atoms with Crippen molar-refractivity contribution in [2.75, 3.05) is 12.4 Å². The molecule has 0 saturated heterocycles. The molecule has 1 aliphatic carbocycles. The minimum atomic E-state index is -2.94. The molecule has 0 bridgehead atoms. The Balaban J connectivity index is 1.62. The van der Waals surface area contributed by atoms with E-state index in [-0.39, 0.29) is 17.4 Å². The molecule has 1 fully saturated rings. The van der Waals surface area contributed by atoms with Crippen molar-refractivity contribution in [3.63, 3.8) is 0 Å². The summed E-state index contributed by atoms with van der Waals surface area (Å²) in [6, 6.07) is 4.40. The average Bonchev–Trinajstić information content (AvgIpc) is 3.33. The molecule has 132 valence electrons. The third-order valence-corrected chi connectivity index (χ3v) is 4.43. The Labute approximate surface area is 146 Å². The van der Waals surface area contributed by atoms with E-state index in [9.17, 15) is 13.6 Å². The van der Waals surface area contributed by atoms with Crippen molar-refractivity contribution in [1.29, 1.82) is 0 Å². The number of carbonyl (C=O) groups is 1. The second-order valence-corrected chi connectivity index (χ2v) is 6.34. The standard InChI is InChI=1S/C16H15F2N3O3S/c1-23-12-8-9(2-6-11(12)24-15(17)18)3-7-13(22)19-16-21-20-14(25-16)10-4-5-10/h2-3,6-8,10,15H,4-5H2,1H3,(H,19,21,22). The van der Waals surface area contributed by atoms with Gasteiger partial charge in [-0.1, -0.05) is 17.4 Å². The number of ether oxygens (including phenoxy) is 2. The summed E-state index contributed by atoms with van der Waals surface area (Å²) in [7, 11) is 1.35. The average molecular weight is 367 g/mol. The number of methoxy groups -OCH3 is 1. The molecule has 1 saturated carbocycles. The van der Waals surface area contributed by atoms with E-state index in [0.717, 1.165) is 17.8 Å². The molecule has 1 aromatic carbocycles. The van der Waals surface area contributed by atoms with E-state index in [1.807, 2.05) is 0 Å². The van der Waals surface area contributed by atoms with E-state index in [1.165, 1.54) is 42.7 Å². The van der Waals surface area contributed by atoms with E-state index in [0.29, 0.717) is 16.6 Å². The number of anilines is 1. The number of carbonyl (C=O) groups excluding carboxylic acids is 1. The Hall–Kier alpha value is -2.55. The molecule has 25 heavy (non-hydrogen) atoms. The minimum Gasteiger partial charge on any atom is -0.493 e. The Kier molecular flexibility index (Phi) is 5.22. The monoisotopic (exact) mass is 367 g/mol. The molecule has 6 nitrogen and oxygen atoms in total. The lowest BCUT2D eigenvalue weighted by Crippen LogP contribution is -2.07. The lowest BCUT2D eigenvalue weighted by Gasteiger charge is -2.10. The van der Waals surface area contributed by atoms with Gasteiger partial charge in [0.25, 0.3) is 0 Å². The van der Waals surface area contributed by atoms with Crippen molar-refractivity contribution in [3.05, 3.63) is 34.8 Å². The van der Waals surface area contributed by atoms with E-state index < -0.39 is 6.61 Å². The molecule has 3 rings (SSSR count). The minimum absolute atomic E-state index is 0.0689. The molecule has 1 aliphatic rings. The lowest BCUT2D eigenvalue weighted by molar-refractivity contribution is -0.111. The molecule has 0 aliphatic heterocycles. The molecule has 1 heterocycles. The van der Waals surface area contributed by atoms with Crippen LogP contribution in [0.4, 0.5) is 13.9 Å². The van der Waals surface area contributed by atoms with Crippen LogP contribution in [0.1, 0.15) is 29.3 Å². The van der Waals surface area contributed by atoms with E-state index >= 15 is 0 Å². The number of amides is 1. The summed E-state index contributed by atoms with van der Waals surface area (Å²) < 4.78 is 34.0. The molecule has 0 atom stereocenters. The van der Waals surface area contributed by atoms with Gasteiger partial charge in [0.15, 0.2) is 11.5 Å². The second kappa shape index (κ2) is 7.56. The second-order valence-electron chi connectivity index (χ2n) is 5.33. The number of alkyl halides is 2. The van der Waals surface area contributed by atoms with Crippen molar-refractivity contribution < 1.29 is 23.0 Å². The van der Waals surface area contributed by atoms with Crippen LogP contribution in [0.15, 0.2) is 24.3 Å². The first-order valence-electron chi connectivity index (χ1n) is 7.50. The van der Waals surface area contributed by atoms with Crippen molar-refractivity contribution >= 4 is 28.5 Å². The summed E-state index contributed by atoms with van der Waals surface area (Å²) in [6.45, 7) is -2.94. The van der Waals surface area contributed by atoms with Gasteiger partial charge in [0, 0.05) is 12.0 Å². The number of benzene rings is 1. The predicted octanol–water partition coefficient (Wildman–Crippen LogP) is 3.68. The third kappa shape index (κ3) is 4.72. The van der Waals surface area contributed by atoms with Crippen LogP contribution in [0.3, 0.4) is 0 Å². The first-order valence-corrected chi connectivity index (χ1v) is 8.32. The maximum atomic E-state index is 12.3. The van der Waals surface area contributed by atoms with Crippen LogP contribution in [-0.4, -0.2) is 29.8 Å². The molecule has 0 unspecified atom stereocenters. The highest BCUT2D eigenvalue weighted by Gasteiger charge is 2.27. The lowest BCUT2D eigenvalue weighted by atomic mass is 10.2. The normalized spacial score (nSPS) is 14.1. The summed E-state index contributed by atoms with van der Waals surface area (Å²) in [5.74, 6) is 0.215. The summed E-state index contributed by atoms with van der Waals surface area (Å²) in [4.78, 5) is 11.9. The SMILES string of the molecule is COc1cc(C=CC(=O)Nc2nnc(C3CC3)s2)ccc1OC(F)F. The van der Waals surface area contributed by atoms with Gasteiger partial charge < -0.3 is 9.47 Å². The zero-order valence-corrected chi connectivity index (χ0v) is 14.1. The highest BCUT2D eigenvalue weighted by Crippen LogP contribution is 2.42. The van der Waals surface area contributed by atoms with Gasteiger partial charge in [-0.05, 0) is 36.6 Å². The molecule has 2 aromatic rings. The van der Waals surface area contributed by atoms with Crippen molar-refractivity contribution in [2.45, 2.75) is 25.4 Å². The maximum Gasteiger partial charge on any atom is 0.387 e. The Morgan fingerprint density at radius 1 is 1.36 bits per heavy atom. The predicted molar refractivity (Wildman–Crippen MR) is 89.2 cm³/mol. The largest absolute Gasteiger partial charge is 0.493 e. The van der Waals surface area contributed by atoms with Crippen LogP contribution in [0.2, 0.25) is 0 Å². The van der Waals surface area contributed by atoms with Crippen LogP contribution < -0.4 is 14.8 Å². The number of halogens is 2. The van der Waals surface area contributed by atoms with Gasteiger partial charge in [0.2, 0.25) is 11.0 Å². The number of aromatic nitrogens is 2. The molecular formula is C16H15F2N3O3S. The summed E-state index contributed by atoms with van der Waals surface area (Å²) in [5.41, 5.74) is 0.601. The van der Waals surface area contributed by atoms with Gasteiger partial charge in [-0.15, -0.1) is 10.2 Å². The van der Waals surface area contributed by atoms with Gasteiger partial charge in [0.1, 0.15) is 5.01 Å². The van der Waals surface area contributed by atoms with Crippen molar-refractivity contribution in [3.8, 4) is 11.5 Å². The number of nitrogens with zero attached hydrogens (tertiary/aromatic N) is 2. The van der Waals surface area contributed by atoms with E-state index in [4.69, 9.17) is 4.74 Å². The van der Waals surface area contributed by atoms with Crippen LogP contribution in [0.5, 0.6) is 11.5 Å². The van der Waals surface area contributed by atoms with Crippen LogP contribution in [0.25, 0.3) is 6.08 Å². The fraction of sp³-hybridized carbons (Fsp3) is 0.312.